The Morgan fingerprint density at radius 3 is 2.74 bits per heavy atom. The maximum atomic E-state index is 13.9. The van der Waals surface area contributed by atoms with Crippen LogP contribution in [0.1, 0.15) is 27.0 Å². The predicted molar refractivity (Wildman–Crippen MR) is 137 cm³/mol. The Kier molecular flexibility index (Phi) is 7.22. The Morgan fingerprint density at radius 2 is 2.03 bits per heavy atom. The molecule has 16 heteroatoms. The van der Waals surface area contributed by atoms with Crippen LogP contribution < -0.4 is 21.1 Å². The molecule has 3 aromatic rings. The van der Waals surface area contributed by atoms with E-state index in [0.717, 1.165) is 0 Å². The number of anilines is 2. The molecule has 1 aromatic carbocycles. The summed E-state index contributed by atoms with van der Waals surface area (Å²) in [6.45, 7) is 4.41. The Balaban J connectivity index is 1.37. The van der Waals surface area contributed by atoms with Crippen molar-refractivity contribution in [3.63, 3.8) is 0 Å². The van der Waals surface area contributed by atoms with Gasteiger partial charge in [0, 0.05) is 0 Å². The number of imidazole rings is 1. The van der Waals surface area contributed by atoms with Crippen LogP contribution in [0.15, 0.2) is 36.7 Å². The van der Waals surface area contributed by atoms with Crippen molar-refractivity contribution in [2.45, 2.75) is 57.0 Å². The Hall–Kier alpha value is -3.33. The van der Waals surface area contributed by atoms with E-state index in [-0.39, 0.29) is 30.2 Å². The number of aliphatic hydroxyl groups excluding tert-OH is 1. The fourth-order valence-electron chi connectivity index (χ4n) is 4.41. The molecule has 0 amide bonds. The number of nitrogens with zero attached hydrogens (tertiary/aromatic N) is 4. The third kappa shape index (κ3) is 5.29. The average molecular weight is 564 g/mol. The Bertz CT molecular complexity index is 1410. The molecule has 2 fully saturated rings. The quantitative estimate of drug-likeness (QED) is 0.202. The molecule has 5 rings (SSSR count). The molecule has 210 valence electrons. The molecule has 0 spiro atoms. The Morgan fingerprint density at radius 1 is 1.28 bits per heavy atom. The lowest BCUT2D eigenvalue weighted by Gasteiger charge is -2.32. The summed E-state index contributed by atoms with van der Waals surface area (Å²) in [6, 6.07) is 7.28. The van der Waals surface area contributed by atoms with Crippen molar-refractivity contribution in [1.82, 2.24) is 24.6 Å². The standard InChI is InChI=1S/C23H30N7O8P/c1-12(2)36-21(32)13(3)29-39(33,38-14-7-5-4-6-8-14)35-10-23-9-34-16(17(23)31)20(37-23)30-11-26-15-18(24)27-22(25)28-19(15)30/h4-8,11-13,16-17,20,31H,9-10H2,1-3H3,(H,29,33)(H4,24,25,27,28)/t13-,16-,17+,20?,23-,39+/m1/s1. The first-order chi connectivity index (χ1) is 18.5. The van der Waals surface area contributed by atoms with Crippen LogP contribution in [0, 0.1) is 0 Å². The van der Waals surface area contributed by atoms with Gasteiger partial charge in [-0.15, -0.1) is 0 Å². The number of ether oxygens (including phenoxy) is 3. The van der Waals surface area contributed by atoms with Crippen molar-refractivity contribution in [3.8, 4) is 5.75 Å². The van der Waals surface area contributed by atoms with Gasteiger partial charge in [0.1, 0.15) is 35.1 Å². The molecule has 0 radical (unpaired) electrons. The number of rotatable bonds is 10. The highest BCUT2D eigenvalue weighted by Crippen LogP contribution is 2.50. The zero-order valence-corrected chi connectivity index (χ0v) is 22.4. The largest absolute Gasteiger partial charge is 0.462 e. The second kappa shape index (κ2) is 10.3. The minimum absolute atomic E-state index is 0.0559. The molecule has 15 nitrogen and oxygen atoms in total. The lowest BCUT2D eigenvalue weighted by atomic mass is 10.0. The first-order valence-corrected chi connectivity index (χ1v) is 13.7. The molecule has 2 saturated heterocycles. The SMILES string of the molecule is CC(C)OC(=O)[C@@H](C)N[P@](=O)(OC[C@@]12CO[C@@H](C(n3cnc4c(N)nc(N)nc43)O1)[C@@H]2O)Oc1ccccc1. The van der Waals surface area contributed by atoms with E-state index >= 15 is 0 Å². The molecule has 0 saturated carbocycles. The number of nitrogen functional groups attached to an aromatic ring is 2. The molecule has 2 bridgehead atoms. The van der Waals surface area contributed by atoms with Crippen LogP contribution in [0.3, 0.4) is 0 Å². The summed E-state index contributed by atoms with van der Waals surface area (Å²) < 4.78 is 44.1. The van der Waals surface area contributed by atoms with Crippen LogP contribution in [-0.2, 0) is 28.1 Å². The minimum Gasteiger partial charge on any atom is -0.462 e. The van der Waals surface area contributed by atoms with Gasteiger partial charge in [0.25, 0.3) is 0 Å². The van der Waals surface area contributed by atoms with E-state index in [4.69, 9.17) is 34.7 Å². The molecule has 0 aliphatic carbocycles. The number of hydrogen-bond acceptors (Lipinski definition) is 13. The van der Waals surface area contributed by atoms with Crippen LogP contribution in [-0.4, -0.2) is 73.8 Å². The molecule has 2 aliphatic heterocycles. The molecular weight excluding hydrogens is 533 g/mol. The van der Waals surface area contributed by atoms with E-state index in [1.807, 2.05) is 0 Å². The zero-order chi connectivity index (χ0) is 27.9. The van der Waals surface area contributed by atoms with Gasteiger partial charge in [0.05, 0.1) is 25.6 Å². The van der Waals surface area contributed by atoms with Gasteiger partial charge in [-0.3, -0.25) is 13.9 Å². The minimum atomic E-state index is -4.21. The number of hydrogen-bond donors (Lipinski definition) is 4. The Labute approximate surface area is 223 Å². The second-order valence-electron chi connectivity index (χ2n) is 9.60. The summed E-state index contributed by atoms with van der Waals surface area (Å²) >= 11 is 0. The predicted octanol–water partition coefficient (Wildman–Crippen LogP) is 1.15. The van der Waals surface area contributed by atoms with Gasteiger partial charge < -0.3 is 35.3 Å². The fraction of sp³-hybridized carbons (Fsp3) is 0.478. The van der Waals surface area contributed by atoms with Crippen LogP contribution in [0.25, 0.3) is 11.2 Å². The monoisotopic (exact) mass is 563 g/mol. The van der Waals surface area contributed by atoms with Crippen molar-refractivity contribution in [1.29, 1.82) is 0 Å². The highest BCUT2D eigenvalue weighted by atomic mass is 31.2. The average Bonchev–Trinajstić information content (AvgIpc) is 3.52. The molecule has 1 unspecified atom stereocenters. The van der Waals surface area contributed by atoms with E-state index in [1.54, 1.807) is 44.2 Å². The number of fused-ring (bicyclic) bond motifs is 3. The number of para-hydroxylation sites is 1. The molecular formula is C23H30N7O8P. The summed E-state index contributed by atoms with van der Waals surface area (Å²) in [4.78, 5) is 24.7. The molecule has 4 heterocycles. The van der Waals surface area contributed by atoms with Gasteiger partial charge in [-0.05, 0) is 32.9 Å². The van der Waals surface area contributed by atoms with E-state index in [9.17, 15) is 14.5 Å². The maximum absolute atomic E-state index is 13.9. The zero-order valence-electron chi connectivity index (χ0n) is 21.5. The molecule has 6 atom stereocenters. The van der Waals surface area contributed by atoms with Crippen molar-refractivity contribution in [2.24, 2.45) is 0 Å². The number of aliphatic hydroxyl groups is 1. The second-order valence-corrected chi connectivity index (χ2v) is 11.3. The first-order valence-electron chi connectivity index (χ1n) is 12.2. The molecule has 2 aromatic heterocycles. The van der Waals surface area contributed by atoms with Crippen LogP contribution >= 0.6 is 7.75 Å². The number of aromatic nitrogens is 4. The van der Waals surface area contributed by atoms with Gasteiger partial charge in [0.2, 0.25) is 5.95 Å². The number of carbonyl (C=O) groups is 1. The van der Waals surface area contributed by atoms with Gasteiger partial charge in [-0.1, -0.05) is 18.2 Å². The lowest BCUT2D eigenvalue weighted by molar-refractivity contribution is -0.183. The van der Waals surface area contributed by atoms with Crippen molar-refractivity contribution < 1.29 is 37.7 Å². The summed E-state index contributed by atoms with van der Waals surface area (Å²) in [5.41, 5.74) is 10.8. The lowest BCUT2D eigenvalue weighted by Crippen LogP contribution is -2.46. The van der Waals surface area contributed by atoms with Crippen LogP contribution in [0.5, 0.6) is 5.75 Å². The first kappa shape index (κ1) is 27.2. The highest BCUT2D eigenvalue weighted by molar-refractivity contribution is 7.52. The number of esters is 1. The van der Waals surface area contributed by atoms with Gasteiger partial charge >= 0.3 is 13.7 Å². The van der Waals surface area contributed by atoms with E-state index in [0.29, 0.717) is 11.2 Å². The summed E-state index contributed by atoms with van der Waals surface area (Å²) in [5, 5.41) is 13.7. The van der Waals surface area contributed by atoms with Crippen molar-refractivity contribution in [3.05, 3.63) is 36.7 Å². The summed E-state index contributed by atoms with van der Waals surface area (Å²) in [5.74, 6) is -0.368. The number of carbonyl (C=O) groups excluding carboxylic acids is 1. The topological polar surface area (TPSA) is 208 Å². The summed E-state index contributed by atoms with van der Waals surface area (Å²) in [7, 11) is -4.21. The number of benzene rings is 1. The van der Waals surface area contributed by atoms with Crippen LogP contribution in [0.2, 0.25) is 0 Å². The van der Waals surface area contributed by atoms with Crippen molar-refractivity contribution >= 4 is 36.6 Å². The highest BCUT2D eigenvalue weighted by Gasteiger charge is 2.63. The number of nitrogens with one attached hydrogen (secondary N) is 1. The third-order valence-corrected chi connectivity index (χ3v) is 7.88. The smallest absolute Gasteiger partial charge is 0.459 e. The maximum Gasteiger partial charge on any atom is 0.459 e. The molecule has 2 aliphatic rings. The van der Waals surface area contributed by atoms with E-state index in [1.165, 1.54) is 17.8 Å². The summed E-state index contributed by atoms with van der Waals surface area (Å²) in [6.07, 6.45) is -1.83. The van der Waals surface area contributed by atoms with E-state index in [2.05, 4.69) is 20.0 Å². The van der Waals surface area contributed by atoms with E-state index < -0.39 is 50.4 Å². The van der Waals surface area contributed by atoms with Gasteiger partial charge in [-0.25, -0.2) is 9.55 Å². The normalized spacial score (nSPS) is 26.5. The fourth-order valence-corrected chi connectivity index (χ4v) is 5.96. The number of nitrogens with two attached hydrogens (primary N) is 2. The third-order valence-electron chi connectivity index (χ3n) is 6.25. The van der Waals surface area contributed by atoms with Gasteiger partial charge in [0.15, 0.2) is 17.7 Å². The van der Waals surface area contributed by atoms with Gasteiger partial charge in [-0.2, -0.15) is 15.1 Å². The van der Waals surface area contributed by atoms with Crippen LogP contribution in [0.4, 0.5) is 11.8 Å². The molecule has 39 heavy (non-hydrogen) atoms. The molecule has 6 N–H and O–H groups in total. The van der Waals surface area contributed by atoms with Crippen molar-refractivity contribution in [2.75, 3.05) is 24.7 Å².